The molecule has 0 fully saturated rings. The number of aromatic nitrogens is 2. The lowest BCUT2D eigenvalue weighted by Gasteiger charge is -2.04. The van der Waals surface area contributed by atoms with Crippen molar-refractivity contribution in [1.82, 2.24) is 15.2 Å². The zero-order valence-corrected chi connectivity index (χ0v) is 17.7. The summed E-state index contributed by atoms with van der Waals surface area (Å²) in [6, 6.07) is 22.4. The monoisotopic (exact) mass is 441 g/mol. The van der Waals surface area contributed by atoms with Crippen LogP contribution in [0.3, 0.4) is 0 Å². The molecule has 2 amide bonds. The van der Waals surface area contributed by atoms with Crippen LogP contribution < -0.4 is 10.7 Å². The van der Waals surface area contributed by atoms with Crippen molar-refractivity contribution in [3.63, 3.8) is 0 Å². The smallest absolute Gasteiger partial charge is 0.318 e. The number of hydrogen-bond donors (Lipinski definition) is 2. The van der Waals surface area contributed by atoms with Crippen molar-refractivity contribution < 1.29 is 14.0 Å². The lowest BCUT2D eigenvalue weighted by atomic mass is 10.1. The summed E-state index contributed by atoms with van der Waals surface area (Å²) in [5, 5.41) is 11.0. The molecule has 1 heterocycles. The molecule has 1 aromatic heterocycles. The maximum atomic E-state index is 13.4. The number of hydrogen-bond acceptors (Lipinski definition) is 4. The van der Waals surface area contributed by atoms with Gasteiger partial charge in [0, 0.05) is 23.0 Å². The second-order valence-corrected chi connectivity index (χ2v) is 7.24. The number of nitrogens with zero attached hydrogens (tertiary/aromatic N) is 3. The van der Waals surface area contributed by atoms with Gasteiger partial charge >= 0.3 is 11.8 Å². The van der Waals surface area contributed by atoms with E-state index < -0.39 is 11.8 Å². The van der Waals surface area contributed by atoms with Crippen LogP contribution in [-0.2, 0) is 9.59 Å². The van der Waals surface area contributed by atoms with Crippen molar-refractivity contribution in [2.45, 2.75) is 6.92 Å². The third-order valence-electron chi connectivity index (χ3n) is 4.73. The molecule has 4 rings (SSSR count). The van der Waals surface area contributed by atoms with E-state index in [4.69, 9.17) is 0 Å². The summed E-state index contributed by atoms with van der Waals surface area (Å²) < 4.78 is 15.0. The van der Waals surface area contributed by atoms with E-state index in [1.165, 1.54) is 18.3 Å². The van der Waals surface area contributed by atoms with Crippen molar-refractivity contribution >= 4 is 23.7 Å². The Hall–Kier alpha value is -4.59. The minimum absolute atomic E-state index is 0.358. The van der Waals surface area contributed by atoms with E-state index in [2.05, 4.69) is 20.9 Å². The number of halogens is 1. The predicted molar refractivity (Wildman–Crippen MR) is 125 cm³/mol. The van der Waals surface area contributed by atoms with Crippen LogP contribution in [0.4, 0.5) is 10.1 Å². The standard InChI is InChI=1S/C25H20FN5O2/c1-17-6-5-7-21(14-17)28-24(32)25(33)29-27-15-19-16-31(22-8-3-2-4-9-22)30-23(19)18-10-12-20(26)13-11-18/h2-16H,1H3,(H,28,32)(H,29,33)/b27-15+. The highest BCUT2D eigenvalue weighted by molar-refractivity contribution is 6.39. The van der Waals surface area contributed by atoms with Crippen LogP contribution in [0.25, 0.3) is 16.9 Å². The van der Waals surface area contributed by atoms with Crippen molar-refractivity contribution in [2.75, 3.05) is 5.32 Å². The molecule has 7 nitrogen and oxygen atoms in total. The van der Waals surface area contributed by atoms with Gasteiger partial charge < -0.3 is 5.32 Å². The van der Waals surface area contributed by atoms with Crippen LogP contribution in [0.5, 0.6) is 0 Å². The number of hydrazone groups is 1. The highest BCUT2D eigenvalue weighted by atomic mass is 19.1. The molecule has 4 aromatic rings. The zero-order chi connectivity index (χ0) is 23.2. The van der Waals surface area contributed by atoms with Gasteiger partial charge in [0.05, 0.1) is 11.9 Å². The first kappa shape index (κ1) is 21.6. The molecule has 0 spiro atoms. The van der Waals surface area contributed by atoms with Gasteiger partial charge in [0.25, 0.3) is 0 Å². The summed E-state index contributed by atoms with van der Waals surface area (Å²) in [7, 11) is 0. The van der Waals surface area contributed by atoms with Crippen LogP contribution in [-0.4, -0.2) is 27.8 Å². The Bertz CT molecular complexity index is 1310. The van der Waals surface area contributed by atoms with Crippen LogP contribution in [0, 0.1) is 12.7 Å². The number of para-hydroxylation sites is 1. The van der Waals surface area contributed by atoms with Gasteiger partial charge in [0.15, 0.2) is 0 Å². The Kier molecular flexibility index (Phi) is 6.36. The summed E-state index contributed by atoms with van der Waals surface area (Å²) in [6.45, 7) is 1.88. The fourth-order valence-corrected chi connectivity index (χ4v) is 3.15. The molecule has 0 aliphatic rings. The Morgan fingerprint density at radius 1 is 0.970 bits per heavy atom. The Balaban J connectivity index is 1.53. The molecule has 3 aromatic carbocycles. The topological polar surface area (TPSA) is 88.4 Å². The van der Waals surface area contributed by atoms with Crippen LogP contribution in [0.1, 0.15) is 11.1 Å². The predicted octanol–water partition coefficient (Wildman–Crippen LogP) is 4.08. The SMILES string of the molecule is Cc1cccc(NC(=O)C(=O)N/N=C/c2cn(-c3ccccc3)nc2-c2ccc(F)cc2)c1. The Morgan fingerprint density at radius 3 is 2.45 bits per heavy atom. The third kappa shape index (κ3) is 5.37. The normalized spacial score (nSPS) is 10.8. The Labute approximate surface area is 189 Å². The molecule has 0 atom stereocenters. The molecule has 0 bridgehead atoms. The maximum Gasteiger partial charge on any atom is 0.329 e. The lowest BCUT2D eigenvalue weighted by Crippen LogP contribution is -2.32. The number of nitrogens with one attached hydrogen (secondary N) is 2. The maximum absolute atomic E-state index is 13.4. The van der Waals surface area contributed by atoms with E-state index in [1.54, 1.807) is 41.2 Å². The van der Waals surface area contributed by atoms with Crippen LogP contribution in [0.2, 0.25) is 0 Å². The summed E-state index contributed by atoms with van der Waals surface area (Å²) in [4.78, 5) is 24.3. The fraction of sp³-hybridized carbons (Fsp3) is 0.0400. The molecule has 164 valence electrons. The second-order valence-electron chi connectivity index (χ2n) is 7.24. The van der Waals surface area contributed by atoms with E-state index in [-0.39, 0.29) is 5.82 Å². The molecule has 2 N–H and O–H groups in total. The number of anilines is 1. The molecule has 8 heteroatoms. The van der Waals surface area contributed by atoms with E-state index in [1.807, 2.05) is 43.3 Å². The summed E-state index contributed by atoms with van der Waals surface area (Å²) >= 11 is 0. The van der Waals surface area contributed by atoms with Gasteiger partial charge in [-0.25, -0.2) is 14.5 Å². The van der Waals surface area contributed by atoms with Gasteiger partial charge in [-0.05, 0) is 61.0 Å². The molecule has 0 saturated heterocycles. The first-order valence-corrected chi connectivity index (χ1v) is 10.1. The molecule has 0 aliphatic carbocycles. The number of rotatable bonds is 5. The van der Waals surface area contributed by atoms with Gasteiger partial charge in [0.2, 0.25) is 0 Å². The average molecular weight is 441 g/mol. The fourth-order valence-electron chi connectivity index (χ4n) is 3.15. The van der Waals surface area contributed by atoms with Crippen LogP contribution in [0.15, 0.2) is 90.2 Å². The van der Waals surface area contributed by atoms with Gasteiger partial charge in [0.1, 0.15) is 11.5 Å². The quantitative estimate of drug-likeness (QED) is 0.278. The third-order valence-corrected chi connectivity index (χ3v) is 4.73. The minimum atomic E-state index is -0.911. The molecule has 0 radical (unpaired) electrons. The highest BCUT2D eigenvalue weighted by Crippen LogP contribution is 2.23. The molecular formula is C25H20FN5O2. The van der Waals surface area contributed by atoms with Gasteiger partial charge in [-0.3, -0.25) is 9.59 Å². The summed E-state index contributed by atoms with van der Waals surface area (Å²) in [6.07, 6.45) is 3.12. The van der Waals surface area contributed by atoms with Gasteiger partial charge in [-0.15, -0.1) is 0 Å². The number of carbonyl (C=O) groups excluding carboxylic acids is 2. The van der Waals surface area contributed by atoms with Crippen molar-refractivity contribution in [2.24, 2.45) is 5.10 Å². The van der Waals surface area contributed by atoms with E-state index in [9.17, 15) is 14.0 Å². The molecule has 0 unspecified atom stereocenters. The minimum Gasteiger partial charge on any atom is -0.318 e. The largest absolute Gasteiger partial charge is 0.329 e. The van der Waals surface area contributed by atoms with Crippen molar-refractivity contribution in [3.05, 3.63) is 102 Å². The first-order chi connectivity index (χ1) is 16.0. The van der Waals surface area contributed by atoms with E-state index >= 15 is 0 Å². The molecule has 33 heavy (non-hydrogen) atoms. The Morgan fingerprint density at radius 2 is 1.73 bits per heavy atom. The van der Waals surface area contributed by atoms with E-state index in [0.717, 1.165) is 11.3 Å². The highest BCUT2D eigenvalue weighted by Gasteiger charge is 2.14. The summed E-state index contributed by atoms with van der Waals surface area (Å²) in [5.41, 5.74) is 6.31. The second kappa shape index (κ2) is 9.69. The number of aryl methyl sites for hydroxylation is 1. The molecular weight excluding hydrogens is 421 g/mol. The van der Waals surface area contributed by atoms with Gasteiger partial charge in [-0.1, -0.05) is 30.3 Å². The molecule has 0 aliphatic heterocycles. The first-order valence-electron chi connectivity index (χ1n) is 10.1. The van der Waals surface area contributed by atoms with Crippen LogP contribution >= 0.6 is 0 Å². The lowest BCUT2D eigenvalue weighted by molar-refractivity contribution is -0.136. The summed E-state index contributed by atoms with van der Waals surface area (Å²) in [5.74, 6) is -2.11. The zero-order valence-electron chi connectivity index (χ0n) is 17.7. The number of carbonyl (C=O) groups is 2. The van der Waals surface area contributed by atoms with Crippen molar-refractivity contribution in [3.8, 4) is 16.9 Å². The van der Waals surface area contributed by atoms with Gasteiger partial charge in [-0.2, -0.15) is 10.2 Å². The van der Waals surface area contributed by atoms with Crippen molar-refractivity contribution in [1.29, 1.82) is 0 Å². The number of benzene rings is 3. The van der Waals surface area contributed by atoms with E-state index in [0.29, 0.717) is 22.5 Å². The number of amides is 2. The average Bonchev–Trinajstić information content (AvgIpc) is 3.24. The molecule has 0 saturated carbocycles.